The highest BCUT2D eigenvalue weighted by Gasteiger charge is 2.60. The first-order valence-corrected chi connectivity index (χ1v) is 12.7. The summed E-state index contributed by atoms with van der Waals surface area (Å²) in [5, 5.41) is 0.0460. The second-order valence-electron chi connectivity index (χ2n) is 8.80. The molecular formula is C20H27ClFN4O7P. The first-order valence-electron chi connectivity index (χ1n) is 10.8. The van der Waals surface area contributed by atoms with Gasteiger partial charge >= 0.3 is 13.8 Å². The molecule has 11 nitrogen and oxygen atoms in total. The van der Waals surface area contributed by atoms with E-state index in [0.717, 1.165) is 0 Å². The fourth-order valence-corrected chi connectivity index (χ4v) is 5.85. The third-order valence-electron chi connectivity index (χ3n) is 5.72. The van der Waals surface area contributed by atoms with Gasteiger partial charge in [-0.15, -0.1) is 11.6 Å². The summed E-state index contributed by atoms with van der Waals surface area (Å²) in [5.74, 6) is -1.49. The first kappa shape index (κ1) is 25.3. The van der Waals surface area contributed by atoms with E-state index in [1.54, 1.807) is 27.7 Å². The molecule has 0 radical (unpaired) electrons. The summed E-state index contributed by atoms with van der Waals surface area (Å²) < 4.78 is 56.7. The van der Waals surface area contributed by atoms with Crippen molar-refractivity contribution in [3.63, 3.8) is 0 Å². The third-order valence-corrected chi connectivity index (χ3v) is 7.57. The highest BCUT2D eigenvalue weighted by Crippen LogP contribution is 2.60. The lowest BCUT2D eigenvalue weighted by molar-refractivity contribution is -0.152. The normalized spacial score (nSPS) is 32.1. The number of nitrogens with two attached hydrogens (primary N) is 1. The molecule has 0 unspecified atom stereocenters. The van der Waals surface area contributed by atoms with Crippen molar-refractivity contribution in [3.05, 3.63) is 18.3 Å². The minimum absolute atomic E-state index is 0.0167. The van der Waals surface area contributed by atoms with E-state index in [1.807, 2.05) is 0 Å². The molecule has 2 aromatic rings. The maximum absolute atomic E-state index is 14.6. The van der Waals surface area contributed by atoms with Gasteiger partial charge in [0.15, 0.2) is 17.7 Å². The summed E-state index contributed by atoms with van der Waals surface area (Å²) >= 11 is 6.83. The van der Waals surface area contributed by atoms with Crippen LogP contribution < -0.4 is 5.73 Å². The molecule has 2 fully saturated rings. The number of hydrogen-bond donors (Lipinski definition) is 1. The Balaban J connectivity index is 1.46. The van der Waals surface area contributed by atoms with E-state index in [0.29, 0.717) is 0 Å². The van der Waals surface area contributed by atoms with Crippen molar-refractivity contribution in [2.75, 3.05) is 18.9 Å². The van der Waals surface area contributed by atoms with Crippen molar-refractivity contribution in [2.24, 2.45) is 5.92 Å². The highest BCUT2D eigenvalue weighted by atomic mass is 35.5. The Morgan fingerprint density at radius 1 is 1.44 bits per heavy atom. The minimum atomic E-state index is -3.99. The molecular weight excluding hydrogens is 494 g/mol. The van der Waals surface area contributed by atoms with Gasteiger partial charge in [-0.2, -0.15) is 0 Å². The fourth-order valence-electron chi connectivity index (χ4n) is 3.96. The Morgan fingerprint density at radius 2 is 2.18 bits per heavy atom. The van der Waals surface area contributed by atoms with Crippen molar-refractivity contribution in [1.82, 2.24) is 14.5 Å². The van der Waals surface area contributed by atoms with Crippen LogP contribution in [0.25, 0.3) is 11.0 Å². The molecule has 14 heteroatoms. The number of fused-ring (bicyclic) bond motifs is 2. The number of carbonyl (C=O) groups is 1. The van der Waals surface area contributed by atoms with Gasteiger partial charge in [-0.25, -0.2) is 18.9 Å². The van der Waals surface area contributed by atoms with E-state index in [-0.39, 0.29) is 48.6 Å². The van der Waals surface area contributed by atoms with Crippen LogP contribution in [0.15, 0.2) is 12.5 Å². The SMILES string of the molecule is CC(C)OC(=O)[C@H](C)CCO[P@@]1(=O)OC[C@H]2O[C@@H](n3cc(F)c4c(N)ncnc43)[C@](C)(Cl)[C@@H]2O1. The molecule has 0 spiro atoms. The van der Waals surface area contributed by atoms with Crippen LogP contribution in [0.4, 0.5) is 10.2 Å². The Bertz CT molecular complexity index is 1130. The van der Waals surface area contributed by atoms with Crippen LogP contribution in [-0.2, 0) is 32.4 Å². The molecule has 4 rings (SSSR count). The van der Waals surface area contributed by atoms with E-state index >= 15 is 0 Å². The van der Waals surface area contributed by atoms with Gasteiger partial charge in [0.25, 0.3) is 0 Å². The highest BCUT2D eigenvalue weighted by molar-refractivity contribution is 7.48. The Morgan fingerprint density at radius 3 is 2.88 bits per heavy atom. The van der Waals surface area contributed by atoms with Crippen LogP contribution in [0.2, 0.25) is 0 Å². The number of phosphoric acid groups is 1. The zero-order chi connectivity index (χ0) is 24.8. The van der Waals surface area contributed by atoms with Gasteiger partial charge in [-0.1, -0.05) is 6.92 Å². The molecule has 0 bridgehead atoms. The number of nitrogens with zero attached hydrogens (tertiary/aromatic N) is 3. The number of ether oxygens (including phenoxy) is 2. The van der Waals surface area contributed by atoms with Gasteiger partial charge < -0.3 is 19.8 Å². The van der Waals surface area contributed by atoms with Gasteiger partial charge in [-0.3, -0.25) is 18.4 Å². The number of alkyl halides is 1. The third kappa shape index (κ3) is 4.67. The molecule has 2 aromatic heterocycles. The van der Waals surface area contributed by atoms with Crippen LogP contribution in [-0.4, -0.2) is 56.9 Å². The molecule has 0 aliphatic carbocycles. The average Bonchev–Trinajstić information content (AvgIpc) is 3.21. The van der Waals surface area contributed by atoms with Gasteiger partial charge in [0.1, 0.15) is 29.2 Å². The summed E-state index contributed by atoms with van der Waals surface area (Å²) in [6.07, 6.45) is -0.135. The standard InChI is InChI=1S/C20H27ClFN4O7P/c1-10(2)31-18(27)11(3)5-6-29-34(28)30-8-13-15(33-34)20(4,21)19(32-13)26-7-12(22)14-16(23)24-9-25-17(14)26/h7,9-11,13,15,19H,5-6,8H2,1-4H3,(H2,23,24,25)/t11-,13-,15-,19-,20-,34+/m1/s1. The van der Waals surface area contributed by atoms with Crippen LogP contribution >= 0.6 is 19.4 Å². The minimum Gasteiger partial charge on any atom is -0.463 e. The smallest absolute Gasteiger partial charge is 0.463 e. The molecule has 34 heavy (non-hydrogen) atoms. The molecule has 188 valence electrons. The summed E-state index contributed by atoms with van der Waals surface area (Å²) in [6.45, 7) is 6.64. The van der Waals surface area contributed by atoms with E-state index in [9.17, 15) is 13.8 Å². The Hall–Kier alpha value is -1.82. The predicted octanol–water partition coefficient (Wildman–Crippen LogP) is 3.57. The van der Waals surface area contributed by atoms with Crippen LogP contribution in [0, 0.1) is 11.7 Å². The quantitative estimate of drug-likeness (QED) is 0.327. The van der Waals surface area contributed by atoms with Crippen LogP contribution in [0.5, 0.6) is 0 Å². The second-order valence-corrected chi connectivity index (χ2v) is 11.2. The maximum Gasteiger partial charge on any atom is 0.475 e. The van der Waals surface area contributed by atoms with Gasteiger partial charge in [-0.05, 0) is 27.2 Å². The number of anilines is 1. The molecule has 0 amide bonds. The Labute approximate surface area is 200 Å². The summed E-state index contributed by atoms with van der Waals surface area (Å²) in [5.41, 5.74) is 5.99. The summed E-state index contributed by atoms with van der Waals surface area (Å²) in [4.78, 5) is 18.6. The molecule has 0 aromatic carbocycles. The van der Waals surface area contributed by atoms with Crippen molar-refractivity contribution < 1.29 is 36.8 Å². The predicted molar refractivity (Wildman–Crippen MR) is 119 cm³/mol. The number of aromatic nitrogens is 3. The number of carbonyl (C=O) groups excluding carboxylic acids is 1. The maximum atomic E-state index is 14.6. The van der Waals surface area contributed by atoms with Crippen molar-refractivity contribution in [1.29, 1.82) is 0 Å². The van der Waals surface area contributed by atoms with Crippen molar-refractivity contribution in [3.8, 4) is 0 Å². The zero-order valence-corrected chi connectivity index (χ0v) is 20.8. The summed E-state index contributed by atoms with van der Waals surface area (Å²) in [6, 6.07) is 0. The van der Waals surface area contributed by atoms with Crippen LogP contribution in [0.3, 0.4) is 0 Å². The molecule has 2 N–H and O–H groups in total. The monoisotopic (exact) mass is 520 g/mol. The summed E-state index contributed by atoms with van der Waals surface area (Å²) in [7, 11) is -3.99. The number of rotatable bonds is 7. The number of esters is 1. The lowest BCUT2D eigenvalue weighted by Gasteiger charge is -2.34. The Kier molecular flexibility index (Phi) is 6.93. The van der Waals surface area contributed by atoms with Crippen LogP contribution in [0.1, 0.15) is 40.3 Å². The molecule has 2 saturated heterocycles. The molecule has 0 saturated carbocycles. The van der Waals surface area contributed by atoms with E-state index in [1.165, 1.54) is 17.1 Å². The molecule has 6 atom stereocenters. The van der Waals surface area contributed by atoms with Gasteiger partial charge in [0.05, 0.1) is 30.6 Å². The lowest BCUT2D eigenvalue weighted by Crippen LogP contribution is -2.44. The zero-order valence-electron chi connectivity index (χ0n) is 19.1. The number of halogens is 2. The van der Waals surface area contributed by atoms with Crippen molar-refractivity contribution >= 4 is 42.2 Å². The first-order chi connectivity index (χ1) is 15.9. The van der Waals surface area contributed by atoms with E-state index < -0.39 is 42.9 Å². The average molecular weight is 521 g/mol. The second kappa shape index (κ2) is 9.33. The molecule has 2 aliphatic heterocycles. The fraction of sp³-hybridized carbons (Fsp3) is 0.650. The topological polar surface area (TPSA) is 137 Å². The van der Waals surface area contributed by atoms with E-state index in [4.69, 9.17) is 40.4 Å². The molecule has 4 heterocycles. The van der Waals surface area contributed by atoms with Gasteiger partial charge in [0, 0.05) is 6.20 Å². The van der Waals surface area contributed by atoms with E-state index in [2.05, 4.69) is 9.97 Å². The van der Waals surface area contributed by atoms with Gasteiger partial charge in [0.2, 0.25) is 0 Å². The van der Waals surface area contributed by atoms with Crippen molar-refractivity contribution in [2.45, 2.75) is 63.5 Å². The lowest BCUT2D eigenvalue weighted by atomic mass is 10.0. The largest absolute Gasteiger partial charge is 0.475 e. The molecule has 2 aliphatic rings. The number of nitrogen functional groups attached to an aromatic ring is 1. The number of hydrogen-bond acceptors (Lipinski definition) is 10. The number of phosphoric ester groups is 1.